The van der Waals surface area contributed by atoms with E-state index in [-0.39, 0.29) is 6.04 Å². The van der Waals surface area contributed by atoms with Gasteiger partial charge in [0.2, 0.25) is 0 Å². The Balaban J connectivity index is 1.99. The minimum absolute atomic E-state index is 0.287. The minimum Gasteiger partial charge on any atom is -0.307 e. The van der Waals surface area contributed by atoms with Gasteiger partial charge in [-0.15, -0.1) is 5.10 Å². The van der Waals surface area contributed by atoms with Crippen LogP contribution >= 0.6 is 0 Å². The summed E-state index contributed by atoms with van der Waals surface area (Å²) in [5.74, 6) is 0.906. The quantitative estimate of drug-likeness (QED) is 0.814. The van der Waals surface area contributed by atoms with Gasteiger partial charge in [0.15, 0.2) is 5.82 Å². The number of benzene rings is 1. The summed E-state index contributed by atoms with van der Waals surface area (Å²) in [7, 11) is 0. The van der Waals surface area contributed by atoms with Gasteiger partial charge in [0.05, 0.1) is 11.7 Å². The first kappa shape index (κ1) is 9.47. The van der Waals surface area contributed by atoms with E-state index in [1.165, 1.54) is 6.42 Å². The van der Waals surface area contributed by atoms with E-state index in [0.29, 0.717) is 0 Å². The van der Waals surface area contributed by atoms with Crippen LogP contribution in [0.3, 0.4) is 0 Å². The fourth-order valence-corrected chi connectivity index (χ4v) is 2.07. The van der Waals surface area contributed by atoms with E-state index in [1.807, 2.05) is 35.0 Å². The second kappa shape index (κ2) is 4.02. The molecule has 82 valence electrons. The highest BCUT2D eigenvalue weighted by atomic mass is 15.5. The Bertz CT molecular complexity index is 458. The maximum absolute atomic E-state index is 4.11. The molecule has 5 nitrogen and oxygen atoms in total. The topological polar surface area (TPSA) is 55.6 Å². The lowest BCUT2D eigenvalue weighted by molar-refractivity contribution is 0.583. The Morgan fingerprint density at radius 1 is 1.25 bits per heavy atom. The molecule has 5 heteroatoms. The SMILES string of the molecule is c1ccc(-n2nnnc2C2CCCN2)cc1. The van der Waals surface area contributed by atoms with Crippen LogP contribution in [0.15, 0.2) is 30.3 Å². The predicted octanol–water partition coefficient (Wildman–Crippen LogP) is 1.09. The number of rotatable bonds is 2. The molecule has 16 heavy (non-hydrogen) atoms. The summed E-state index contributed by atoms with van der Waals surface area (Å²) in [5.41, 5.74) is 1.01. The van der Waals surface area contributed by atoms with Crippen molar-refractivity contribution in [3.63, 3.8) is 0 Å². The largest absolute Gasteiger partial charge is 0.307 e. The number of nitrogens with zero attached hydrogens (tertiary/aromatic N) is 4. The van der Waals surface area contributed by atoms with Crippen LogP contribution in [0.2, 0.25) is 0 Å². The third-order valence-electron chi connectivity index (χ3n) is 2.87. The number of tetrazole rings is 1. The van der Waals surface area contributed by atoms with E-state index < -0.39 is 0 Å². The van der Waals surface area contributed by atoms with Crippen molar-refractivity contribution < 1.29 is 0 Å². The van der Waals surface area contributed by atoms with Crippen LogP contribution in [0.25, 0.3) is 5.69 Å². The fraction of sp³-hybridized carbons (Fsp3) is 0.364. The lowest BCUT2D eigenvalue weighted by Gasteiger charge is -2.09. The second-order valence-corrected chi connectivity index (χ2v) is 3.93. The molecule has 1 unspecified atom stereocenters. The van der Waals surface area contributed by atoms with E-state index in [2.05, 4.69) is 20.8 Å². The molecule has 0 saturated carbocycles. The van der Waals surface area contributed by atoms with E-state index >= 15 is 0 Å². The zero-order chi connectivity index (χ0) is 10.8. The summed E-state index contributed by atoms with van der Waals surface area (Å²) < 4.78 is 1.81. The minimum atomic E-state index is 0.287. The Labute approximate surface area is 93.5 Å². The summed E-state index contributed by atoms with van der Waals surface area (Å²) >= 11 is 0. The lowest BCUT2D eigenvalue weighted by Crippen LogP contribution is -2.17. The zero-order valence-corrected chi connectivity index (χ0v) is 8.87. The van der Waals surface area contributed by atoms with Crippen LogP contribution in [-0.4, -0.2) is 26.8 Å². The third-order valence-corrected chi connectivity index (χ3v) is 2.87. The molecule has 0 aliphatic carbocycles. The van der Waals surface area contributed by atoms with Crippen LogP contribution < -0.4 is 5.32 Å². The summed E-state index contributed by atoms with van der Waals surface area (Å²) in [6.07, 6.45) is 2.29. The van der Waals surface area contributed by atoms with Crippen LogP contribution in [0.1, 0.15) is 24.7 Å². The van der Waals surface area contributed by atoms with Crippen molar-refractivity contribution in [1.82, 2.24) is 25.5 Å². The van der Waals surface area contributed by atoms with Crippen LogP contribution in [-0.2, 0) is 0 Å². The van der Waals surface area contributed by atoms with Gasteiger partial charge in [-0.25, -0.2) is 0 Å². The highest BCUT2D eigenvalue weighted by Crippen LogP contribution is 2.22. The molecule has 3 rings (SSSR count). The lowest BCUT2D eigenvalue weighted by atomic mass is 10.2. The summed E-state index contributed by atoms with van der Waals surface area (Å²) in [4.78, 5) is 0. The van der Waals surface area contributed by atoms with Crippen LogP contribution in [0.4, 0.5) is 0 Å². The van der Waals surface area contributed by atoms with E-state index in [4.69, 9.17) is 0 Å². The number of para-hydroxylation sites is 1. The first-order chi connectivity index (χ1) is 7.95. The smallest absolute Gasteiger partial charge is 0.173 e. The molecule has 2 heterocycles. The summed E-state index contributed by atoms with van der Waals surface area (Å²) in [6, 6.07) is 10.3. The Hall–Kier alpha value is -1.75. The van der Waals surface area contributed by atoms with Gasteiger partial charge in [-0.05, 0) is 41.9 Å². The molecule has 2 aromatic rings. The second-order valence-electron chi connectivity index (χ2n) is 3.93. The van der Waals surface area contributed by atoms with Crippen molar-refractivity contribution in [2.45, 2.75) is 18.9 Å². The van der Waals surface area contributed by atoms with Crippen molar-refractivity contribution in [3.05, 3.63) is 36.2 Å². The molecule has 0 amide bonds. The first-order valence-corrected chi connectivity index (χ1v) is 5.52. The molecule has 1 saturated heterocycles. The Kier molecular flexibility index (Phi) is 2.38. The third kappa shape index (κ3) is 1.59. The standard InChI is InChI=1S/C11H13N5/c1-2-5-9(6-3-1)16-11(13-14-15-16)10-7-4-8-12-10/h1-3,5-6,10,12H,4,7-8H2. The average Bonchev–Trinajstić information content (AvgIpc) is 3.01. The predicted molar refractivity (Wildman–Crippen MR) is 59.1 cm³/mol. The van der Waals surface area contributed by atoms with Gasteiger partial charge >= 0.3 is 0 Å². The number of hydrogen-bond donors (Lipinski definition) is 1. The maximum atomic E-state index is 4.11. The van der Waals surface area contributed by atoms with Crippen LogP contribution in [0.5, 0.6) is 0 Å². The van der Waals surface area contributed by atoms with Gasteiger partial charge in [-0.2, -0.15) is 4.68 Å². The Morgan fingerprint density at radius 3 is 2.88 bits per heavy atom. The monoisotopic (exact) mass is 215 g/mol. The van der Waals surface area contributed by atoms with Crippen molar-refractivity contribution >= 4 is 0 Å². The van der Waals surface area contributed by atoms with E-state index in [1.54, 1.807) is 0 Å². The summed E-state index contributed by atoms with van der Waals surface area (Å²) in [6.45, 7) is 1.05. The van der Waals surface area contributed by atoms with Gasteiger partial charge in [0, 0.05) is 0 Å². The number of aromatic nitrogens is 4. The van der Waals surface area contributed by atoms with Crippen molar-refractivity contribution in [3.8, 4) is 5.69 Å². The van der Waals surface area contributed by atoms with Gasteiger partial charge in [-0.3, -0.25) is 0 Å². The molecule has 1 aromatic carbocycles. The number of nitrogens with one attached hydrogen (secondary N) is 1. The van der Waals surface area contributed by atoms with Gasteiger partial charge in [0.25, 0.3) is 0 Å². The molecule has 0 radical (unpaired) electrons. The fourth-order valence-electron chi connectivity index (χ4n) is 2.07. The van der Waals surface area contributed by atoms with Crippen molar-refractivity contribution in [2.24, 2.45) is 0 Å². The highest BCUT2D eigenvalue weighted by molar-refractivity contribution is 5.31. The molecule has 1 aliphatic rings. The molecule has 1 fully saturated rings. The molecule has 0 bridgehead atoms. The van der Waals surface area contributed by atoms with Gasteiger partial charge in [-0.1, -0.05) is 18.2 Å². The molecule has 1 atom stereocenters. The Morgan fingerprint density at radius 2 is 2.12 bits per heavy atom. The van der Waals surface area contributed by atoms with Gasteiger partial charge in [0.1, 0.15) is 0 Å². The first-order valence-electron chi connectivity index (χ1n) is 5.52. The molecule has 0 spiro atoms. The molecule has 1 aliphatic heterocycles. The van der Waals surface area contributed by atoms with Crippen molar-refractivity contribution in [2.75, 3.05) is 6.54 Å². The average molecular weight is 215 g/mol. The molecular weight excluding hydrogens is 202 g/mol. The number of hydrogen-bond acceptors (Lipinski definition) is 4. The molecular formula is C11H13N5. The summed E-state index contributed by atoms with van der Waals surface area (Å²) in [5, 5.41) is 15.3. The normalized spacial score (nSPS) is 20.1. The molecule has 1 N–H and O–H groups in total. The van der Waals surface area contributed by atoms with Crippen molar-refractivity contribution in [1.29, 1.82) is 0 Å². The van der Waals surface area contributed by atoms with E-state index in [9.17, 15) is 0 Å². The highest BCUT2D eigenvalue weighted by Gasteiger charge is 2.22. The van der Waals surface area contributed by atoms with Gasteiger partial charge < -0.3 is 5.32 Å². The molecule has 1 aromatic heterocycles. The van der Waals surface area contributed by atoms with E-state index in [0.717, 1.165) is 24.5 Å². The maximum Gasteiger partial charge on any atom is 0.173 e. The zero-order valence-electron chi connectivity index (χ0n) is 8.87. The van der Waals surface area contributed by atoms with Crippen LogP contribution in [0, 0.1) is 0 Å².